The third-order valence-corrected chi connectivity index (χ3v) is 2.70. The molecule has 0 fully saturated rings. The van der Waals surface area contributed by atoms with Gasteiger partial charge in [-0.2, -0.15) is 0 Å². The minimum atomic E-state index is -1.11. The lowest BCUT2D eigenvalue weighted by molar-refractivity contribution is -0.137. The summed E-state index contributed by atoms with van der Waals surface area (Å²) in [5, 5.41) is 20.2. The Morgan fingerprint density at radius 1 is 1.17 bits per heavy atom. The molecule has 0 aliphatic heterocycles. The number of rotatable bonds is 9. The van der Waals surface area contributed by atoms with Crippen LogP contribution in [0.3, 0.4) is 0 Å². The van der Waals surface area contributed by atoms with Crippen LogP contribution in [-0.4, -0.2) is 34.3 Å². The number of hydrogen-bond acceptors (Lipinski definition) is 4. The van der Waals surface area contributed by atoms with Gasteiger partial charge in [0.1, 0.15) is 6.04 Å². The van der Waals surface area contributed by atoms with Crippen molar-refractivity contribution in [2.75, 3.05) is 0 Å². The van der Waals surface area contributed by atoms with Crippen LogP contribution in [0.5, 0.6) is 0 Å². The molecule has 2 atom stereocenters. The van der Waals surface area contributed by atoms with E-state index in [0.29, 0.717) is 6.42 Å². The number of hydrogen-bond donors (Lipinski definition) is 4. The predicted octanol–water partition coefficient (Wildman–Crippen LogP) is 0.718. The number of carbonyl (C=O) groups excluding carboxylic acids is 2. The van der Waals surface area contributed by atoms with Gasteiger partial charge in [0, 0.05) is 6.42 Å². The molecular formula is C12H24N2O4. The molecule has 4 N–H and O–H groups in total. The molecule has 106 valence electrons. The van der Waals surface area contributed by atoms with Crippen molar-refractivity contribution in [3.05, 3.63) is 0 Å². The fourth-order valence-corrected chi connectivity index (χ4v) is 1.61. The molecule has 0 aromatic carbocycles. The quantitative estimate of drug-likeness (QED) is 0.279. The average molecular weight is 260 g/mol. The molecule has 0 rings (SSSR count). The number of hydroxylamine groups is 1. The molecule has 0 heterocycles. The smallest absolute Gasteiger partial charge is 0.268 e. The van der Waals surface area contributed by atoms with E-state index in [0.717, 1.165) is 32.1 Å². The van der Waals surface area contributed by atoms with Gasteiger partial charge in [-0.15, -0.1) is 0 Å². The maximum absolute atomic E-state index is 11.5. The zero-order valence-corrected chi connectivity index (χ0v) is 11.1. The van der Waals surface area contributed by atoms with Crippen molar-refractivity contribution < 1.29 is 19.9 Å². The van der Waals surface area contributed by atoms with Crippen molar-refractivity contribution in [2.45, 2.75) is 64.5 Å². The Morgan fingerprint density at radius 2 is 1.78 bits per heavy atom. The summed E-state index contributed by atoms with van der Waals surface area (Å²) in [6.45, 7) is 3.49. The van der Waals surface area contributed by atoms with Crippen LogP contribution in [-0.2, 0) is 9.59 Å². The van der Waals surface area contributed by atoms with Crippen molar-refractivity contribution in [1.82, 2.24) is 10.8 Å². The summed E-state index contributed by atoms with van der Waals surface area (Å²) in [4.78, 5) is 22.7. The fourth-order valence-electron chi connectivity index (χ4n) is 1.61. The summed E-state index contributed by atoms with van der Waals surface area (Å²) in [5.41, 5.74) is 1.42. The van der Waals surface area contributed by atoms with Gasteiger partial charge in [-0.05, 0) is 13.3 Å². The maximum Gasteiger partial charge on any atom is 0.268 e. The summed E-state index contributed by atoms with van der Waals surface area (Å²) in [7, 11) is 0. The SMILES string of the molecule is CCCCCCCC(=O)N[C@@H](C(=O)NO)[C@H](C)O. The van der Waals surface area contributed by atoms with Crippen LogP contribution in [0.2, 0.25) is 0 Å². The minimum absolute atomic E-state index is 0.291. The van der Waals surface area contributed by atoms with Gasteiger partial charge < -0.3 is 10.4 Å². The molecule has 0 radical (unpaired) electrons. The topological polar surface area (TPSA) is 98.7 Å². The summed E-state index contributed by atoms with van der Waals surface area (Å²) in [5.74, 6) is -1.11. The molecule has 0 unspecified atom stereocenters. The van der Waals surface area contributed by atoms with Gasteiger partial charge in [0.05, 0.1) is 6.10 Å². The minimum Gasteiger partial charge on any atom is -0.391 e. The van der Waals surface area contributed by atoms with E-state index in [1.54, 1.807) is 0 Å². The molecule has 0 bridgehead atoms. The average Bonchev–Trinajstić information content (AvgIpc) is 2.34. The largest absolute Gasteiger partial charge is 0.391 e. The van der Waals surface area contributed by atoms with Gasteiger partial charge in [0.25, 0.3) is 5.91 Å². The van der Waals surface area contributed by atoms with Gasteiger partial charge in [-0.3, -0.25) is 14.8 Å². The second kappa shape index (κ2) is 9.85. The highest BCUT2D eigenvalue weighted by atomic mass is 16.5. The molecule has 6 heteroatoms. The van der Waals surface area contributed by atoms with Crippen LogP contribution in [0.1, 0.15) is 52.4 Å². The Balaban J connectivity index is 3.92. The third-order valence-electron chi connectivity index (χ3n) is 2.70. The predicted molar refractivity (Wildman–Crippen MR) is 66.9 cm³/mol. The van der Waals surface area contributed by atoms with Crippen LogP contribution < -0.4 is 10.8 Å². The normalized spacial score (nSPS) is 13.8. The zero-order chi connectivity index (χ0) is 14.0. The van der Waals surface area contributed by atoms with Crippen LogP contribution in [0.25, 0.3) is 0 Å². The zero-order valence-electron chi connectivity index (χ0n) is 11.1. The highest BCUT2D eigenvalue weighted by Gasteiger charge is 2.24. The van der Waals surface area contributed by atoms with Crippen molar-refractivity contribution in [3.8, 4) is 0 Å². The first-order valence-electron chi connectivity index (χ1n) is 6.44. The summed E-state index contributed by atoms with van der Waals surface area (Å²) in [6.07, 6.45) is 4.41. The first kappa shape index (κ1) is 16.9. The van der Waals surface area contributed by atoms with E-state index in [4.69, 9.17) is 5.21 Å². The Kier molecular flexibility index (Phi) is 9.22. The van der Waals surface area contributed by atoms with E-state index in [1.165, 1.54) is 12.4 Å². The second-order valence-corrected chi connectivity index (χ2v) is 4.43. The monoisotopic (exact) mass is 260 g/mol. The van der Waals surface area contributed by atoms with Crippen LogP contribution in [0, 0.1) is 0 Å². The first-order valence-corrected chi connectivity index (χ1v) is 6.44. The molecule has 0 aliphatic rings. The Labute approximate surface area is 108 Å². The van der Waals surface area contributed by atoms with E-state index in [1.807, 2.05) is 0 Å². The lowest BCUT2D eigenvalue weighted by atomic mass is 10.1. The standard InChI is InChI=1S/C12H24N2O4/c1-3-4-5-6-7-8-10(16)13-11(9(2)15)12(17)14-18/h9,11,15,18H,3-8H2,1-2H3,(H,13,16)(H,14,17)/t9-,11+/m0/s1. The van der Waals surface area contributed by atoms with E-state index in [9.17, 15) is 14.7 Å². The molecule has 0 aromatic rings. The number of nitrogens with one attached hydrogen (secondary N) is 2. The highest BCUT2D eigenvalue weighted by Crippen LogP contribution is 2.05. The number of unbranched alkanes of at least 4 members (excludes halogenated alkanes) is 4. The number of carbonyl (C=O) groups is 2. The Bertz CT molecular complexity index is 256. The lowest BCUT2D eigenvalue weighted by Crippen LogP contribution is -2.51. The van der Waals surface area contributed by atoms with Gasteiger partial charge >= 0.3 is 0 Å². The molecule has 2 amide bonds. The fraction of sp³-hybridized carbons (Fsp3) is 0.833. The molecule has 0 saturated carbocycles. The number of aliphatic hydroxyl groups excluding tert-OH is 1. The van der Waals surface area contributed by atoms with Crippen LogP contribution in [0.15, 0.2) is 0 Å². The molecule has 18 heavy (non-hydrogen) atoms. The number of amides is 2. The van der Waals surface area contributed by atoms with Crippen molar-refractivity contribution in [1.29, 1.82) is 0 Å². The van der Waals surface area contributed by atoms with Gasteiger partial charge in [0.15, 0.2) is 0 Å². The second-order valence-electron chi connectivity index (χ2n) is 4.43. The van der Waals surface area contributed by atoms with E-state index in [-0.39, 0.29) is 5.91 Å². The van der Waals surface area contributed by atoms with Gasteiger partial charge in [-0.25, -0.2) is 5.48 Å². The van der Waals surface area contributed by atoms with E-state index in [2.05, 4.69) is 12.2 Å². The third kappa shape index (κ3) is 7.24. The first-order chi connectivity index (χ1) is 8.52. The Hall–Kier alpha value is -1.14. The number of aliphatic hydroxyl groups is 1. The van der Waals surface area contributed by atoms with Crippen molar-refractivity contribution >= 4 is 11.8 Å². The molecule has 0 aliphatic carbocycles. The van der Waals surface area contributed by atoms with Gasteiger partial charge in [0.2, 0.25) is 5.91 Å². The molecular weight excluding hydrogens is 236 g/mol. The molecule has 0 spiro atoms. The summed E-state index contributed by atoms with van der Waals surface area (Å²) >= 11 is 0. The van der Waals surface area contributed by atoms with E-state index >= 15 is 0 Å². The van der Waals surface area contributed by atoms with Crippen molar-refractivity contribution in [3.63, 3.8) is 0 Å². The molecule has 0 aromatic heterocycles. The molecule has 0 saturated heterocycles. The molecule has 6 nitrogen and oxygen atoms in total. The van der Waals surface area contributed by atoms with Gasteiger partial charge in [-0.1, -0.05) is 32.6 Å². The summed E-state index contributed by atoms with van der Waals surface area (Å²) < 4.78 is 0. The van der Waals surface area contributed by atoms with E-state index < -0.39 is 18.1 Å². The Morgan fingerprint density at radius 3 is 2.28 bits per heavy atom. The summed E-state index contributed by atoms with van der Waals surface area (Å²) in [6, 6.07) is -1.11. The lowest BCUT2D eigenvalue weighted by Gasteiger charge is -2.19. The highest BCUT2D eigenvalue weighted by molar-refractivity contribution is 5.87. The maximum atomic E-state index is 11.5. The van der Waals surface area contributed by atoms with Crippen LogP contribution in [0.4, 0.5) is 0 Å². The van der Waals surface area contributed by atoms with Crippen LogP contribution >= 0.6 is 0 Å². The van der Waals surface area contributed by atoms with Crippen molar-refractivity contribution in [2.24, 2.45) is 0 Å².